The average molecular weight is 239 g/mol. The number of nitrogens with zero attached hydrogens (tertiary/aromatic N) is 1. The summed E-state index contributed by atoms with van der Waals surface area (Å²) in [6.07, 6.45) is 0.250. The van der Waals surface area contributed by atoms with Gasteiger partial charge in [0.25, 0.3) is 0 Å². The van der Waals surface area contributed by atoms with E-state index in [1.54, 1.807) is 18.2 Å². The third-order valence-corrected chi connectivity index (χ3v) is 3.07. The first-order valence-electron chi connectivity index (χ1n) is 5.37. The number of halogens is 1. The second kappa shape index (κ2) is 4.31. The van der Waals surface area contributed by atoms with Crippen LogP contribution in [-0.2, 0) is 15.2 Å². The van der Waals surface area contributed by atoms with E-state index in [1.807, 2.05) is 0 Å². The zero-order chi connectivity index (χ0) is 12.5. The molecule has 0 atom stereocenters. The molecule has 0 N–H and O–H groups in total. The Balaban J connectivity index is 2.11. The Morgan fingerprint density at radius 1 is 1.47 bits per heavy atom. The number of aromatic nitrogens is 1. The Morgan fingerprint density at radius 2 is 2.18 bits per heavy atom. The van der Waals surface area contributed by atoms with Gasteiger partial charge < -0.3 is 9.47 Å². The van der Waals surface area contributed by atoms with Crippen LogP contribution in [0.5, 0.6) is 5.88 Å². The minimum atomic E-state index is -1.53. The molecule has 1 saturated carbocycles. The number of carbonyl (C=O) groups is 1. The second-order valence-electron chi connectivity index (χ2n) is 4.16. The predicted octanol–water partition coefficient (Wildman–Crippen LogP) is 1.84. The van der Waals surface area contributed by atoms with Gasteiger partial charge in [-0.25, -0.2) is 9.37 Å². The first kappa shape index (κ1) is 11.8. The summed E-state index contributed by atoms with van der Waals surface area (Å²) in [5.41, 5.74) is -1.22. The first-order chi connectivity index (χ1) is 8.09. The summed E-state index contributed by atoms with van der Waals surface area (Å²) in [5.74, 6) is -0.347. The van der Waals surface area contributed by atoms with Crippen LogP contribution in [0.15, 0.2) is 18.2 Å². The van der Waals surface area contributed by atoms with Crippen LogP contribution in [0.2, 0.25) is 0 Å². The fourth-order valence-electron chi connectivity index (χ4n) is 2.04. The van der Waals surface area contributed by atoms with Gasteiger partial charge in [-0.2, -0.15) is 0 Å². The van der Waals surface area contributed by atoms with Gasteiger partial charge in [0.2, 0.25) is 5.88 Å². The maximum atomic E-state index is 14.4. The summed E-state index contributed by atoms with van der Waals surface area (Å²) in [7, 11) is 2.79. The van der Waals surface area contributed by atoms with Crippen LogP contribution in [0.1, 0.15) is 18.5 Å². The molecule has 5 heteroatoms. The molecule has 1 aliphatic rings. The van der Waals surface area contributed by atoms with Crippen molar-refractivity contribution in [2.45, 2.75) is 18.5 Å². The van der Waals surface area contributed by atoms with E-state index < -0.39 is 5.67 Å². The van der Waals surface area contributed by atoms with Crippen LogP contribution in [0.4, 0.5) is 4.39 Å². The van der Waals surface area contributed by atoms with E-state index in [2.05, 4.69) is 9.72 Å². The number of rotatable bonds is 3. The van der Waals surface area contributed by atoms with Crippen LogP contribution in [0.3, 0.4) is 0 Å². The van der Waals surface area contributed by atoms with Crippen molar-refractivity contribution in [3.8, 4) is 5.88 Å². The van der Waals surface area contributed by atoms with E-state index >= 15 is 0 Å². The molecule has 0 radical (unpaired) electrons. The lowest BCUT2D eigenvalue weighted by molar-refractivity contribution is -0.156. The van der Waals surface area contributed by atoms with Crippen molar-refractivity contribution in [2.75, 3.05) is 14.2 Å². The van der Waals surface area contributed by atoms with Crippen molar-refractivity contribution in [2.24, 2.45) is 5.92 Å². The van der Waals surface area contributed by atoms with Crippen molar-refractivity contribution in [1.82, 2.24) is 4.98 Å². The lowest BCUT2D eigenvalue weighted by Crippen LogP contribution is -2.42. The Morgan fingerprint density at radius 3 is 2.76 bits per heavy atom. The summed E-state index contributed by atoms with van der Waals surface area (Å²) in [6, 6.07) is 4.95. The number of hydrogen-bond donors (Lipinski definition) is 0. The number of ether oxygens (including phenoxy) is 2. The van der Waals surface area contributed by atoms with E-state index in [0.29, 0.717) is 11.6 Å². The SMILES string of the molecule is COC(=O)C1CC(F)(c2cccc(OC)n2)C1. The fraction of sp³-hybridized carbons (Fsp3) is 0.500. The van der Waals surface area contributed by atoms with Crippen LogP contribution in [-0.4, -0.2) is 25.2 Å². The molecule has 1 heterocycles. The van der Waals surface area contributed by atoms with Crippen LogP contribution in [0.25, 0.3) is 0 Å². The van der Waals surface area contributed by atoms with Crippen molar-refractivity contribution in [1.29, 1.82) is 0 Å². The third-order valence-electron chi connectivity index (χ3n) is 3.07. The van der Waals surface area contributed by atoms with E-state index in [1.165, 1.54) is 14.2 Å². The van der Waals surface area contributed by atoms with E-state index in [0.717, 1.165) is 0 Å². The van der Waals surface area contributed by atoms with Gasteiger partial charge in [0.15, 0.2) is 5.67 Å². The summed E-state index contributed by atoms with van der Waals surface area (Å²) >= 11 is 0. The highest BCUT2D eigenvalue weighted by Crippen LogP contribution is 2.49. The van der Waals surface area contributed by atoms with Crippen LogP contribution in [0, 0.1) is 5.92 Å². The molecule has 0 amide bonds. The maximum absolute atomic E-state index is 14.4. The molecule has 1 aromatic rings. The lowest BCUT2D eigenvalue weighted by atomic mass is 9.70. The number of methoxy groups -OCH3 is 2. The molecule has 0 bridgehead atoms. The number of alkyl halides is 1. The molecule has 1 fully saturated rings. The van der Waals surface area contributed by atoms with Crippen LogP contribution < -0.4 is 4.74 Å². The topological polar surface area (TPSA) is 48.4 Å². The Hall–Kier alpha value is -1.65. The summed E-state index contributed by atoms with van der Waals surface area (Å²) < 4.78 is 23.9. The van der Waals surface area contributed by atoms with E-state index in [-0.39, 0.29) is 24.7 Å². The van der Waals surface area contributed by atoms with Crippen molar-refractivity contribution in [3.05, 3.63) is 23.9 Å². The molecule has 0 unspecified atom stereocenters. The molecular formula is C12H14FNO3. The molecule has 92 valence electrons. The predicted molar refractivity (Wildman–Crippen MR) is 58.3 cm³/mol. The van der Waals surface area contributed by atoms with Gasteiger partial charge in [-0.15, -0.1) is 0 Å². The lowest BCUT2D eigenvalue weighted by Gasteiger charge is -2.39. The number of hydrogen-bond acceptors (Lipinski definition) is 4. The molecule has 0 aliphatic heterocycles. The molecule has 4 nitrogen and oxygen atoms in total. The number of pyridine rings is 1. The van der Waals surface area contributed by atoms with E-state index in [9.17, 15) is 9.18 Å². The fourth-order valence-corrected chi connectivity index (χ4v) is 2.04. The Bertz CT molecular complexity index is 430. The first-order valence-corrected chi connectivity index (χ1v) is 5.37. The third kappa shape index (κ3) is 2.09. The molecule has 0 spiro atoms. The average Bonchev–Trinajstić information content (AvgIpc) is 2.34. The number of carbonyl (C=O) groups excluding carboxylic acids is 1. The zero-order valence-electron chi connectivity index (χ0n) is 9.77. The summed E-state index contributed by atoms with van der Waals surface area (Å²) in [5, 5.41) is 0. The van der Waals surface area contributed by atoms with Gasteiger partial charge >= 0.3 is 5.97 Å². The monoisotopic (exact) mass is 239 g/mol. The minimum absolute atomic E-state index is 0.125. The van der Waals surface area contributed by atoms with Gasteiger partial charge in [-0.3, -0.25) is 4.79 Å². The standard InChI is InChI=1S/C12H14FNO3/c1-16-10-5-3-4-9(14-10)12(13)6-8(7-12)11(15)17-2/h3-5,8H,6-7H2,1-2H3. The Kier molecular flexibility index (Phi) is 3.00. The van der Waals surface area contributed by atoms with Crippen molar-refractivity contribution in [3.63, 3.8) is 0 Å². The number of esters is 1. The van der Waals surface area contributed by atoms with E-state index in [4.69, 9.17) is 4.74 Å². The smallest absolute Gasteiger partial charge is 0.308 e. The van der Waals surface area contributed by atoms with Crippen molar-refractivity contribution < 1.29 is 18.7 Å². The van der Waals surface area contributed by atoms with Gasteiger partial charge in [0.1, 0.15) is 0 Å². The molecule has 17 heavy (non-hydrogen) atoms. The minimum Gasteiger partial charge on any atom is -0.481 e. The highest BCUT2D eigenvalue weighted by molar-refractivity contribution is 5.74. The van der Waals surface area contributed by atoms with Crippen molar-refractivity contribution >= 4 is 5.97 Å². The highest BCUT2D eigenvalue weighted by atomic mass is 19.1. The molecule has 0 saturated heterocycles. The molecule has 1 aromatic heterocycles. The zero-order valence-corrected chi connectivity index (χ0v) is 9.77. The molecule has 2 rings (SSSR count). The molecular weight excluding hydrogens is 225 g/mol. The summed E-state index contributed by atoms with van der Waals surface area (Å²) in [4.78, 5) is 15.3. The Labute approximate surface area is 98.8 Å². The van der Waals surface area contributed by atoms with Gasteiger partial charge in [-0.1, -0.05) is 6.07 Å². The van der Waals surface area contributed by atoms with Gasteiger partial charge in [0, 0.05) is 18.9 Å². The van der Waals surface area contributed by atoms with Gasteiger partial charge in [0.05, 0.1) is 25.8 Å². The highest BCUT2D eigenvalue weighted by Gasteiger charge is 2.51. The summed E-state index contributed by atoms with van der Waals surface area (Å²) in [6.45, 7) is 0. The van der Waals surface area contributed by atoms with Crippen LogP contribution >= 0.6 is 0 Å². The normalized spacial score (nSPS) is 27.1. The molecule has 1 aliphatic carbocycles. The second-order valence-corrected chi connectivity index (χ2v) is 4.16. The quantitative estimate of drug-likeness (QED) is 0.755. The van der Waals surface area contributed by atoms with Gasteiger partial charge in [-0.05, 0) is 6.07 Å². The maximum Gasteiger partial charge on any atom is 0.308 e. The molecule has 0 aromatic carbocycles. The largest absolute Gasteiger partial charge is 0.481 e.